The predicted octanol–water partition coefficient (Wildman–Crippen LogP) is -5.84. The average Bonchev–Trinajstić information content (AvgIpc) is 0.814. The third-order valence-electron chi connectivity index (χ3n) is 25.1. The molecular formula is C71H106Na2O33S2. The van der Waals surface area contributed by atoms with Gasteiger partial charge in [0.05, 0.1) is 141 Å². The molecule has 0 aliphatic carbocycles. The first-order valence-electron chi connectivity index (χ1n) is 37.4. The Morgan fingerprint density at radius 3 is 1.72 bits per heavy atom. The second-order valence-corrected chi connectivity index (χ2v) is 34.9. The van der Waals surface area contributed by atoms with Gasteiger partial charge in [0.25, 0.3) is 0 Å². The van der Waals surface area contributed by atoms with Crippen LogP contribution < -0.4 is 59.1 Å². The molecule has 602 valence electrons. The second kappa shape index (κ2) is 33.8. The molecule has 0 aromatic carbocycles. The first kappa shape index (κ1) is 87.0. The van der Waals surface area contributed by atoms with E-state index in [1.807, 2.05) is 6.92 Å². The minimum Gasteiger partial charge on any atom is -0.726 e. The smallest absolute Gasteiger partial charge is 0.726 e. The van der Waals surface area contributed by atoms with Crippen molar-refractivity contribution >= 4 is 20.8 Å². The van der Waals surface area contributed by atoms with Crippen molar-refractivity contribution in [2.45, 2.75) is 362 Å². The summed E-state index contributed by atoms with van der Waals surface area (Å²) in [6.07, 6.45) is -19.7. The number of aliphatic hydroxyl groups excluding tert-OH is 7. The fourth-order valence-corrected chi connectivity index (χ4v) is 20.1. The summed E-state index contributed by atoms with van der Waals surface area (Å²) in [5, 5.41) is 87.7. The van der Waals surface area contributed by atoms with Crippen molar-refractivity contribution in [1.29, 1.82) is 0 Å². The van der Waals surface area contributed by atoms with E-state index in [4.69, 9.17) is 84.7 Å². The molecule has 0 saturated carbocycles. The van der Waals surface area contributed by atoms with Crippen molar-refractivity contribution in [3.63, 3.8) is 0 Å². The fourth-order valence-electron chi connectivity index (χ4n) is 19.2. The van der Waals surface area contributed by atoms with E-state index in [0.717, 1.165) is 5.57 Å². The maximum Gasteiger partial charge on any atom is 1.00 e. The van der Waals surface area contributed by atoms with Gasteiger partial charge in [-0.3, -0.25) is 8.37 Å². The van der Waals surface area contributed by atoms with E-state index in [-0.39, 0.29) is 109 Å². The topological polar surface area (TPSA) is 452 Å². The van der Waals surface area contributed by atoms with Gasteiger partial charge in [0.1, 0.15) is 90.6 Å². The van der Waals surface area contributed by atoms with Crippen molar-refractivity contribution in [2.24, 2.45) is 5.92 Å². The van der Waals surface area contributed by atoms with Gasteiger partial charge in [-0.05, 0) is 97.5 Å². The molecule has 14 fully saturated rings. The average molecular weight is 1600 g/mol. The third-order valence-corrected chi connectivity index (χ3v) is 26.0. The molecule has 0 spiro atoms. The van der Waals surface area contributed by atoms with Gasteiger partial charge in [0, 0.05) is 44.9 Å². The van der Waals surface area contributed by atoms with Gasteiger partial charge >= 0.3 is 59.1 Å². The Labute approximate surface area is 673 Å². The van der Waals surface area contributed by atoms with E-state index >= 15 is 0 Å². The molecule has 108 heavy (non-hydrogen) atoms. The van der Waals surface area contributed by atoms with Crippen LogP contribution in [-0.2, 0) is 110 Å². The first-order chi connectivity index (χ1) is 49.9. The Kier molecular flexibility index (Phi) is 27.3. The SMILES string of the molecule is C=CCC(=C)/C=C/[C@@](C)(O)C1OC2CC3OC4CC5OC6CC7OC8CC9OC%10CC%11O[C@](C)(CCCOS(=O)(=O)[O-])C(OS(=O)(=O)[O-])CC%11OC%10CC9OC8CC[C@@]7(C)O[C@@]6(C)CC[C@H](C)C5OC4C(O[C@H]4O[C@@H](CO[C@H]5O[C@@H](CO[C@H]6O[C@@H](CO)C(O)C6O)C(O)C5O)C(O)C4O)[C@@]3(C)OC2CC1=C.[Na+].[Na+]. The van der Waals surface area contributed by atoms with Gasteiger partial charge < -0.3 is 130 Å². The molecule has 26 unspecified atom stereocenters. The van der Waals surface area contributed by atoms with E-state index in [2.05, 4.69) is 44.7 Å². The van der Waals surface area contributed by atoms with Gasteiger partial charge in [-0.1, -0.05) is 43.9 Å². The maximum atomic E-state index is 12.0. The molecular weight excluding hydrogens is 1490 g/mol. The zero-order valence-corrected chi connectivity index (χ0v) is 68.1. The van der Waals surface area contributed by atoms with Crippen molar-refractivity contribution in [1.82, 2.24) is 0 Å². The third kappa shape index (κ3) is 17.9. The minimum absolute atomic E-state index is 0. The van der Waals surface area contributed by atoms with E-state index in [0.29, 0.717) is 69.8 Å². The van der Waals surface area contributed by atoms with Crippen molar-refractivity contribution in [3.05, 3.63) is 49.1 Å². The van der Waals surface area contributed by atoms with Crippen LogP contribution in [0.3, 0.4) is 0 Å². The minimum atomic E-state index is -5.22. The molecule has 0 aromatic rings. The monoisotopic (exact) mass is 1600 g/mol. The van der Waals surface area contributed by atoms with Gasteiger partial charge in [-0.15, -0.1) is 6.58 Å². The van der Waals surface area contributed by atoms with E-state index in [1.165, 1.54) is 0 Å². The standard InChI is InChI=1S/C71H108O33S2.2Na/c1-10-12-32(2)13-17-67(5,79)62-34(4)21-43-42(95-62)27-53-71(9,102-43)63(100-66-59(78)56(75)49(98-66)31-87-65-58(77)55(74)48(97-65)30-86-64-57(76)54(73)47(29-72)96-64)61-46(94-53)25-45-60(99-61)33(3)14-18-69(7)51(93-45)28-50-70(8,104-69)19-15-35-36(92-50)22-38-37(89-35)23-39-40(90-38)24-44-41(91-39)26-52(103-106(83,84)85)68(6,101-44)16-11-20-88-105(80,81)82;;/h10,13,17,33,35-66,72-79H,1-2,4,11-12,14-16,18-31H2,3,5-9H3,(H,80,81,82)(H,83,84,85);;/q;2*+1/p-2/b17-13+;;/t33-,35?,36?,37?,38?,39?,40?,41?,42?,43?,44?,45?,46?,47-,48-,49-,50?,51?,52?,53?,54?,55?,56?,57?,58?,59?,60?,61?,62?,63?,64-,65-,66+,67+,68+,69-,70+,71-;;/m0../s1. The largest absolute Gasteiger partial charge is 1.00 e. The molecule has 14 aliphatic heterocycles. The quantitative estimate of drug-likeness (QED) is 0.0132. The summed E-state index contributed by atoms with van der Waals surface area (Å²) < 4.78 is 193. The van der Waals surface area contributed by atoms with Crippen LogP contribution in [0.15, 0.2) is 49.1 Å². The maximum absolute atomic E-state index is 12.0. The Balaban J connectivity index is 0.00000545. The zero-order chi connectivity index (χ0) is 75.7. The van der Waals surface area contributed by atoms with E-state index in [1.54, 1.807) is 32.1 Å². The number of hydrogen-bond acceptors (Lipinski definition) is 33. The van der Waals surface area contributed by atoms with Crippen molar-refractivity contribution in [2.75, 3.05) is 26.4 Å². The van der Waals surface area contributed by atoms with Gasteiger partial charge in [0.15, 0.2) is 18.9 Å². The first-order valence-corrected chi connectivity index (χ1v) is 40.1. The molecule has 0 radical (unpaired) electrons. The van der Waals surface area contributed by atoms with Gasteiger partial charge in [0.2, 0.25) is 20.8 Å². The number of aliphatic hydroxyl groups is 8. The van der Waals surface area contributed by atoms with Crippen molar-refractivity contribution in [3.8, 4) is 0 Å². The molecule has 14 rings (SSSR count). The zero-order valence-electron chi connectivity index (χ0n) is 62.4. The van der Waals surface area contributed by atoms with Crippen LogP contribution in [-0.4, -0.2) is 317 Å². The van der Waals surface area contributed by atoms with E-state index in [9.17, 15) is 66.8 Å². The molecule has 14 aliphatic rings. The molecule has 38 atom stereocenters. The number of fused-ring (bicyclic) bond motifs is 10. The summed E-state index contributed by atoms with van der Waals surface area (Å²) in [7, 11) is -10.2. The molecule has 0 aromatic heterocycles. The van der Waals surface area contributed by atoms with Crippen LogP contribution in [0.2, 0.25) is 0 Å². The number of rotatable bonds is 21. The van der Waals surface area contributed by atoms with Crippen LogP contribution in [0.25, 0.3) is 0 Å². The molecule has 8 N–H and O–H groups in total. The summed E-state index contributed by atoms with van der Waals surface area (Å²) in [6.45, 7) is 21.6. The van der Waals surface area contributed by atoms with Crippen molar-refractivity contribution < 1.29 is 215 Å². The van der Waals surface area contributed by atoms with Crippen LogP contribution in [0, 0.1) is 5.92 Å². The van der Waals surface area contributed by atoms with Crippen LogP contribution in [0.1, 0.15) is 138 Å². The molecule has 0 bridgehead atoms. The summed E-state index contributed by atoms with van der Waals surface area (Å²) in [6, 6.07) is 0. The molecule has 33 nitrogen and oxygen atoms in total. The molecule has 37 heteroatoms. The predicted molar refractivity (Wildman–Crippen MR) is 357 cm³/mol. The Morgan fingerprint density at radius 2 is 1.12 bits per heavy atom. The van der Waals surface area contributed by atoms with Crippen LogP contribution in [0.4, 0.5) is 0 Å². The van der Waals surface area contributed by atoms with Gasteiger partial charge in [-0.2, -0.15) is 0 Å². The number of hydrogen-bond donors (Lipinski definition) is 8. The Hall–Kier alpha value is -0.300. The summed E-state index contributed by atoms with van der Waals surface area (Å²) in [5.74, 6) is -0.132. The summed E-state index contributed by atoms with van der Waals surface area (Å²) in [4.78, 5) is 0. The fraction of sp³-hybridized carbons (Fsp3) is 0.887. The molecule has 0 amide bonds. The number of allylic oxidation sites excluding steroid dienone is 3. The van der Waals surface area contributed by atoms with Crippen LogP contribution in [0.5, 0.6) is 0 Å². The molecule has 14 saturated heterocycles. The van der Waals surface area contributed by atoms with Crippen LogP contribution >= 0.6 is 0 Å². The normalized spacial score (nSPS) is 50.4. The second-order valence-electron chi connectivity index (χ2n) is 32.9. The van der Waals surface area contributed by atoms with Gasteiger partial charge in [-0.25, -0.2) is 16.8 Å². The molecule has 14 heterocycles. The summed E-state index contributed by atoms with van der Waals surface area (Å²) >= 11 is 0. The Morgan fingerprint density at radius 1 is 0.602 bits per heavy atom. The number of ether oxygens (including phenoxy) is 17. The Bertz CT molecular complexity index is 3420. The summed E-state index contributed by atoms with van der Waals surface area (Å²) in [5.41, 5.74) is -4.55. The van der Waals surface area contributed by atoms with E-state index < -0.39 is 259 Å².